The summed E-state index contributed by atoms with van der Waals surface area (Å²) in [6.45, 7) is 2.47. The van der Waals surface area contributed by atoms with Crippen LogP contribution in [0.15, 0.2) is 70.1 Å². The zero-order valence-electron chi connectivity index (χ0n) is 17.4. The van der Waals surface area contributed by atoms with Gasteiger partial charge in [0, 0.05) is 24.6 Å². The molecule has 0 aliphatic carbocycles. The number of hydrogen-bond acceptors (Lipinski definition) is 6. The molecule has 2 heterocycles. The van der Waals surface area contributed by atoms with Crippen LogP contribution >= 0.6 is 24.0 Å². The molecule has 162 valence electrons. The molecule has 0 saturated carbocycles. The van der Waals surface area contributed by atoms with Crippen LogP contribution < -0.4 is 5.32 Å². The highest BCUT2D eigenvalue weighted by Crippen LogP contribution is 2.32. The molecule has 8 heteroatoms. The first-order chi connectivity index (χ1) is 15.5. The lowest BCUT2D eigenvalue weighted by Crippen LogP contribution is -2.33. The van der Waals surface area contributed by atoms with Crippen LogP contribution in [0.1, 0.15) is 23.3 Å². The zero-order valence-corrected chi connectivity index (χ0v) is 19.0. The third-order valence-electron chi connectivity index (χ3n) is 4.90. The number of carbonyl (C=O) groups is 2. The van der Waals surface area contributed by atoms with Crippen molar-refractivity contribution in [2.24, 2.45) is 0 Å². The third-order valence-corrected chi connectivity index (χ3v) is 6.28. The fourth-order valence-corrected chi connectivity index (χ4v) is 4.44. The first-order valence-electron chi connectivity index (χ1n) is 10.1. The monoisotopic (exact) mass is 463 g/mol. The largest absolute Gasteiger partial charge is 0.359 e. The van der Waals surface area contributed by atoms with E-state index in [9.17, 15) is 9.59 Å². The Morgan fingerprint density at radius 1 is 1.19 bits per heavy atom. The van der Waals surface area contributed by atoms with E-state index in [2.05, 4.69) is 10.5 Å². The van der Waals surface area contributed by atoms with E-state index in [1.165, 1.54) is 16.7 Å². The lowest BCUT2D eigenvalue weighted by Gasteiger charge is -2.13. The molecule has 1 aliphatic rings. The summed E-state index contributed by atoms with van der Waals surface area (Å²) in [5, 5.41) is 6.83. The van der Waals surface area contributed by atoms with Crippen LogP contribution in [0.5, 0.6) is 0 Å². The SMILES string of the molecule is Cc1ccc(/C=C2\SC(=S)N(CCC(=O)NCc3cc(-c4ccccc4)no3)C2=O)cc1. The van der Waals surface area contributed by atoms with Crippen molar-refractivity contribution in [1.82, 2.24) is 15.4 Å². The lowest BCUT2D eigenvalue weighted by atomic mass is 10.1. The first-order valence-corrected chi connectivity index (χ1v) is 11.3. The molecule has 2 amide bonds. The first kappa shape index (κ1) is 22.0. The van der Waals surface area contributed by atoms with Crippen molar-refractivity contribution in [2.45, 2.75) is 19.9 Å². The van der Waals surface area contributed by atoms with E-state index in [1.54, 1.807) is 6.07 Å². The maximum Gasteiger partial charge on any atom is 0.266 e. The van der Waals surface area contributed by atoms with Crippen LogP contribution in [-0.4, -0.2) is 32.7 Å². The van der Waals surface area contributed by atoms with Crippen molar-refractivity contribution in [2.75, 3.05) is 6.54 Å². The molecule has 2 aromatic carbocycles. The number of hydrogen-bond donors (Lipinski definition) is 1. The summed E-state index contributed by atoms with van der Waals surface area (Å²) in [5.41, 5.74) is 3.76. The number of rotatable bonds is 7. The molecule has 3 aromatic rings. The second-order valence-corrected chi connectivity index (χ2v) is 8.99. The molecular weight excluding hydrogens is 442 g/mol. The van der Waals surface area contributed by atoms with Gasteiger partial charge in [-0.15, -0.1) is 0 Å². The Kier molecular flexibility index (Phi) is 6.82. The Morgan fingerprint density at radius 3 is 2.69 bits per heavy atom. The van der Waals surface area contributed by atoms with Crippen LogP contribution in [-0.2, 0) is 16.1 Å². The van der Waals surface area contributed by atoms with Crippen molar-refractivity contribution >= 4 is 46.2 Å². The van der Waals surface area contributed by atoms with E-state index in [4.69, 9.17) is 16.7 Å². The third kappa shape index (κ3) is 5.33. The molecule has 1 saturated heterocycles. The van der Waals surface area contributed by atoms with Crippen LogP contribution in [0.2, 0.25) is 0 Å². The molecular formula is C24H21N3O3S2. The van der Waals surface area contributed by atoms with Gasteiger partial charge in [0.05, 0.1) is 11.4 Å². The average molecular weight is 464 g/mol. The van der Waals surface area contributed by atoms with Crippen molar-refractivity contribution in [3.8, 4) is 11.3 Å². The standard InChI is InChI=1S/C24H21N3O3S2/c1-16-7-9-17(10-8-16)13-21-23(29)27(24(31)32-21)12-11-22(28)25-15-19-14-20(26-30-19)18-5-3-2-4-6-18/h2-10,13-14H,11-12,15H2,1H3,(H,25,28)/b21-13-. The summed E-state index contributed by atoms with van der Waals surface area (Å²) in [4.78, 5) is 27.0. The minimum Gasteiger partial charge on any atom is -0.359 e. The highest BCUT2D eigenvalue weighted by molar-refractivity contribution is 8.26. The molecule has 4 rings (SSSR count). The van der Waals surface area contributed by atoms with E-state index in [1.807, 2.05) is 67.6 Å². The normalized spacial score (nSPS) is 14.9. The van der Waals surface area contributed by atoms with Gasteiger partial charge in [-0.3, -0.25) is 14.5 Å². The van der Waals surface area contributed by atoms with Gasteiger partial charge in [-0.05, 0) is 18.6 Å². The van der Waals surface area contributed by atoms with Crippen molar-refractivity contribution in [3.05, 3.63) is 82.5 Å². The fourth-order valence-electron chi connectivity index (χ4n) is 3.14. The van der Waals surface area contributed by atoms with E-state index in [-0.39, 0.29) is 31.3 Å². The second kappa shape index (κ2) is 9.93. The summed E-state index contributed by atoms with van der Waals surface area (Å²) >= 11 is 6.60. The quantitative estimate of drug-likeness (QED) is 0.409. The summed E-state index contributed by atoms with van der Waals surface area (Å²) in [5.74, 6) is 0.194. The fraction of sp³-hybridized carbons (Fsp3) is 0.167. The summed E-state index contributed by atoms with van der Waals surface area (Å²) in [7, 11) is 0. The minimum atomic E-state index is -0.195. The number of thioether (sulfide) groups is 1. The molecule has 1 fully saturated rings. The van der Waals surface area contributed by atoms with Crippen LogP contribution in [0, 0.1) is 6.92 Å². The van der Waals surface area contributed by atoms with Crippen LogP contribution in [0.3, 0.4) is 0 Å². The van der Waals surface area contributed by atoms with Gasteiger partial charge in [-0.1, -0.05) is 89.3 Å². The Balaban J connectivity index is 1.28. The number of nitrogens with one attached hydrogen (secondary N) is 1. The Morgan fingerprint density at radius 2 is 1.94 bits per heavy atom. The van der Waals surface area contributed by atoms with E-state index >= 15 is 0 Å². The lowest BCUT2D eigenvalue weighted by molar-refractivity contribution is -0.124. The number of amides is 2. The summed E-state index contributed by atoms with van der Waals surface area (Å²) < 4.78 is 5.76. The molecule has 0 unspecified atom stereocenters. The molecule has 0 spiro atoms. The minimum absolute atomic E-state index is 0.143. The van der Waals surface area contributed by atoms with Crippen LogP contribution in [0.25, 0.3) is 17.3 Å². The van der Waals surface area contributed by atoms with Crippen molar-refractivity contribution in [1.29, 1.82) is 0 Å². The highest BCUT2D eigenvalue weighted by atomic mass is 32.2. The zero-order chi connectivity index (χ0) is 22.5. The highest BCUT2D eigenvalue weighted by Gasteiger charge is 2.32. The Labute approximate surface area is 195 Å². The van der Waals surface area contributed by atoms with Gasteiger partial charge in [-0.2, -0.15) is 0 Å². The number of carbonyl (C=O) groups excluding carboxylic acids is 2. The molecule has 32 heavy (non-hydrogen) atoms. The molecule has 6 nitrogen and oxygen atoms in total. The van der Waals surface area contributed by atoms with E-state index in [0.29, 0.717) is 20.7 Å². The molecule has 0 radical (unpaired) electrons. The molecule has 0 bridgehead atoms. The topological polar surface area (TPSA) is 75.4 Å². The summed E-state index contributed by atoms with van der Waals surface area (Å²) in [6, 6.07) is 19.4. The smallest absolute Gasteiger partial charge is 0.266 e. The average Bonchev–Trinajstić information content (AvgIpc) is 3.38. The maximum atomic E-state index is 12.7. The van der Waals surface area contributed by atoms with Gasteiger partial charge >= 0.3 is 0 Å². The van der Waals surface area contributed by atoms with Gasteiger partial charge in [-0.25, -0.2) is 0 Å². The number of nitrogens with zero attached hydrogens (tertiary/aromatic N) is 2. The molecule has 0 atom stereocenters. The van der Waals surface area contributed by atoms with Crippen molar-refractivity contribution < 1.29 is 14.1 Å². The maximum absolute atomic E-state index is 12.7. The van der Waals surface area contributed by atoms with Gasteiger partial charge in [0.15, 0.2) is 5.76 Å². The Hall–Kier alpha value is -3.23. The Bertz CT molecular complexity index is 1170. The molecule has 1 aliphatic heterocycles. The predicted octanol–water partition coefficient (Wildman–Crippen LogP) is 4.56. The number of aromatic nitrogens is 1. The van der Waals surface area contributed by atoms with Crippen LogP contribution in [0.4, 0.5) is 0 Å². The van der Waals surface area contributed by atoms with Gasteiger partial charge in [0.25, 0.3) is 5.91 Å². The number of thiocarbonyl (C=S) groups is 1. The van der Waals surface area contributed by atoms with Gasteiger partial charge in [0.1, 0.15) is 10.0 Å². The van der Waals surface area contributed by atoms with E-state index < -0.39 is 0 Å². The number of benzene rings is 2. The van der Waals surface area contributed by atoms with Gasteiger partial charge < -0.3 is 9.84 Å². The molecule has 1 aromatic heterocycles. The number of aryl methyl sites for hydroxylation is 1. The van der Waals surface area contributed by atoms with E-state index in [0.717, 1.165) is 16.7 Å². The van der Waals surface area contributed by atoms with Crippen molar-refractivity contribution in [3.63, 3.8) is 0 Å². The predicted molar refractivity (Wildman–Crippen MR) is 129 cm³/mol. The molecule has 1 N–H and O–H groups in total. The summed E-state index contributed by atoms with van der Waals surface area (Å²) in [6.07, 6.45) is 1.97. The second-order valence-electron chi connectivity index (χ2n) is 7.32. The van der Waals surface area contributed by atoms with Gasteiger partial charge in [0.2, 0.25) is 5.91 Å².